The van der Waals surface area contributed by atoms with E-state index in [1.807, 2.05) is 0 Å². The highest BCUT2D eigenvalue weighted by Gasteiger charge is 2.60. The lowest BCUT2D eigenvalue weighted by Gasteiger charge is -2.36. The largest absolute Gasteiger partial charge is 0.412 e. The molecule has 72 valence electrons. The van der Waals surface area contributed by atoms with Gasteiger partial charge in [-0.25, -0.2) is 0 Å². The molecule has 2 nitrogen and oxygen atoms in total. The van der Waals surface area contributed by atoms with E-state index in [9.17, 15) is 5.11 Å². The molecule has 3 atom stereocenters. The average Bonchev–Trinajstić information content (AvgIpc) is 2.20. The summed E-state index contributed by atoms with van der Waals surface area (Å²) in [7, 11) is 0. The van der Waals surface area contributed by atoms with Crippen molar-refractivity contribution >= 4 is 0 Å². The Morgan fingerprint density at radius 2 is 1.83 bits per heavy atom. The van der Waals surface area contributed by atoms with Crippen LogP contribution in [-0.2, 0) is 0 Å². The fourth-order valence-electron chi connectivity index (χ4n) is 3.16. The molecule has 2 saturated carbocycles. The van der Waals surface area contributed by atoms with Crippen molar-refractivity contribution in [1.29, 1.82) is 0 Å². The number of hydrogen-bond donors (Lipinski definition) is 1. The van der Waals surface area contributed by atoms with Gasteiger partial charge in [-0.1, -0.05) is 20.8 Å². The molecule has 0 heterocycles. The van der Waals surface area contributed by atoms with Crippen LogP contribution in [-0.4, -0.2) is 16.7 Å². The van der Waals surface area contributed by atoms with E-state index in [-0.39, 0.29) is 17.0 Å². The molecule has 2 aliphatic rings. The third kappa shape index (κ3) is 0.826. The number of aliphatic hydroxyl groups excluding tert-OH is 1. The van der Waals surface area contributed by atoms with Crippen molar-refractivity contribution in [1.82, 2.24) is 0 Å². The van der Waals surface area contributed by atoms with Crippen LogP contribution in [0.2, 0.25) is 0 Å². The zero-order valence-corrected chi connectivity index (χ0v) is 8.22. The van der Waals surface area contributed by atoms with Gasteiger partial charge in [0.05, 0.1) is 6.10 Å². The highest BCUT2D eigenvalue weighted by molar-refractivity contribution is 5.10. The molecule has 0 aromatic carbocycles. The Morgan fingerprint density at radius 1 is 1.25 bits per heavy atom. The summed E-state index contributed by atoms with van der Waals surface area (Å²) in [6, 6.07) is 0. The summed E-state index contributed by atoms with van der Waals surface area (Å²) in [5.74, 6) is 0.780. The number of rotatable bonds is 0. The first-order valence-electron chi connectivity index (χ1n) is 4.66. The summed E-state index contributed by atoms with van der Waals surface area (Å²) < 4.78 is 0. The molecule has 0 unspecified atom stereocenters. The highest BCUT2D eigenvalue weighted by atomic mass is 16.3. The van der Waals surface area contributed by atoms with Crippen LogP contribution in [0.1, 0.15) is 40.0 Å². The second-order valence-electron chi connectivity index (χ2n) is 5.13. The van der Waals surface area contributed by atoms with Crippen molar-refractivity contribution in [3.05, 3.63) is 0 Å². The predicted octanol–water partition coefficient (Wildman–Crippen LogP) is 1.37. The molecule has 0 amide bonds. The monoisotopic (exact) mass is 172 g/mol. The number of fused-ring (bicyclic) bond motifs is 2. The second-order valence-corrected chi connectivity index (χ2v) is 5.13. The lowest BCUT2D eigenvalue weighted by Crippen LogP contribution is -2.35. The van der Waals surface area contributed by atoms with Crippen LogP contribution < -0.4 is 0 Å². The van der Waals surface area contributed by atoms with Gasteiger partial charge in [0.2, 0.25) is 0 Å². The van der Waals surface area contributed by atoms with Gasteiger partial charge < -0.3 is 10.6 Å². The van der Waals surface area contributed by atoms with Gasteiger partial charge in [0.15, 0.2) is 0 Å². The van der Waals surface area contributed by atoms with E-state index in [0.29, 0.717) is 5.41 Å². The lowest BCUT2D eigenvalue weighted by atomic mass is 9.70. The minimum Gasteiger partial charge on any atom is -0.412 e. The molecule has 0 aliphatic heterocycles. The molecule has 2 aliphatic carbocycles. The Balaban J connectivity index is 0.000000720. The molecular formula is C10H20O2. The normalized spacial score (nSPS) is 49.0. The zero-order valence-electron chi connectivity index (χ0n) is 8.22. The third-order valence-corrected chi connectivity index (χ3v) is 4.75. The summed E-state index contributed by atoms with van der Waals surface area (Å²) in [5, 5.41) is 9.81. The highest BCUT2D eigenvalue weighted by Crippen LogP contribution is 2.65. The SMILES string of the molecule is CC1(C)[C@@H]2CC[C@]1(C)[C@@H](O)C2.O. The summed E-state index contributed by atoms with van der Waals surface area (Å²) in [6.45, 7) is 6.90. The average molecular weight is 172 g/mol. The Bertz CT molecular complexity index is 188. The molecule has 3 N–H and O–H groups in total. The summed E-state index contributed by atoms with van der Waals surface area (Å²) in [4.78, 5) is 0. The van der Waals surface area contributed by atoms with E-state index in [4.69, 9.17) is 0 Å². The third-order valence-electron chi connectivity index (χ3n) is 4.75. The predicted molar refractivity (Wildman–Crippen MR) is 48.8 cm³/mol. The van der Waals surface area contributed by atoms with Crippen molar-refractivity contribution < 1.29 is 10.6 Å². The maximum atomic E-state index is 9.81. The van der Waals surface area contributed by atoms with Gasteiger partial charge in [-0.15, -0.1) is 0 Å². The first kappa shape index (κ1) is 10.0. The summed E-state index contributed by atoms with van der Waals surface area (Å²) in [5.41, 5.74) is 0.601. The smallest absolute Gasteiger partial charge is 0.0601 e. The summed E-state index contributed by atoms with van der Waals surface area (Å²) >= 11 is 0. The maximum absolute atomic E-state index is 9.81. The molecule has 12 heavy (non-hydrogen) atoms. The quantitative estimate of drug-likeness (QED) is 0.589. The van der Waals surface area contributed by atoms with Crippen molar-refractivity contribution in [3.8, 4) is 0 Å². The van der Waals surface area contributed by atoms with Crippen LogP contribution in [0.4, 0.5) is 0 Å². The van der Waals surface area contributed by atoms with E-state index in [1.54, 1.807) is 0 Å². The van der Waals surface area contributed by atoms with E-state index in [2.05, 4.69) is 20.8 Å². The fourth-order valence-corrected chi connectivity index (χ4v) is 3.16. The van der Waals surface area contributed by atoms with E-state index < -0.39 is 0 Å². The summed E-state index contributed by atoms with van der Waals surface area (Å²) in [6.07, 6.45) is 3.58. The van der Waals surface area contributed by atoms with Gasteiger partial charge >= 0.3 is 0 Å². The standard InChI is InChI=1S/C10H18O.H2O/c1-9(2)7-4-5-10(9,3)8(11)6-7;/h7-8,11H,4-6H2,1-3H3;1H2/t7-,8+,10-;/m1./s1. The topological polar surface area (TPSA) is 51.7 Å². The zero-order chi connectivity index (χ0) is 8.28. The van der Waals surface area contributed by atoms with Gasteiger partial charge in [-0.3, -0.25) is 0 Å². The molecule has 0 saturated heterocycles. The fraction of sp³-hybridized carbons (Fsp3) is 1.00. The molecule has 0 aromatic heterocycles. The molecule has 2 rings (SSSR count). The second kappa shape index (κ2) is 2.46. The molecule has 0 radical (unpaired) electrons. The van der Waals surface area contributed by atoms with Gasteiger partial charge in [0, 0.05) is 0 Å². The van der Waals surface area contributed by atoms with Gasteiger partial charge in [-0.2, -0.15) is 0 Å². The molecule has 2 heteroatoms. The van der Waals surface area contributed by atoms with Crippen LogP contribution >= 0.6 is 0 Å². The van der Waals surface area contributed by atoms with E-state index >= 15 is 0 Å². The van der Waals surface area contributed by atoms with E-state index in [0.717, 1.165) is 12.3 Å². The number of aliphatic hydroxyl groups is 1. The Kier molecular flexibility index (Phi) is 2.05. The van der Waals surface area contributed by atoms with Crippen molar-refractivity contribution in [2.24, 2.45) is 16.7 Å². The maximum Gasteiger partial charge on any atom is 0.0601 e. The lowest BCUT2D eigenvalue weighted by molar-refractivity contribution is 0.0126. The Morgan fingerprint density at radius 3 is 2.00 bits per heavy atom. The number of hydrogen-bond acceptors (Lipinski definition) is 1. The molecule has 2 fully saturated rings. The van der Waals surface area contributed by atoms with Crippen molar-refractivity contribution in [3.63, 3.8) is 0 Å². The van der Waals surface area contributed by atoms with Crippen molar-refractivity contribution in [2.75, 3.05) is 0 Å². The van der Waals surface area contributed by atoms with Crippen LogP contribution in [0.3, 0.4) is 0 Å². The molecule has 2 bridgehead atoms. The van der Waals surface area contributed by atoms with Crippen LogP contribution in [0.5, 0.6) is 0 Å². The molecule has 0 aromatic rings. The first-order valence-corrected chi connectivity index (χ1v) is 4.66. The van der Waals surface area contributed by atoms with Crippen LogP contribution in [0, 0.1) is 16.7 Å². The first-order chi connectivity index (χ1) is 4.98. The molecular weight excluding hydrogens is 152 g/mol. The van der Waals surface area contributed by atoms with Crippen molar-refractivity contribution in [2.45, 2.75) is 46.1 Å². The van der Waals surface area contributed by atoms with Crippen LogP contribution in [0.15, 0.2) is 0 Å². The minimum absolute atomic E-state index is 0. The Labute approximate surface area is 74.3 Å². The van der Waals surface area contributed by atoms with Gasteiger partial charge in [0.25, 0.3) is 0 Å². The Hall–Kier alpha value is -0.0800. The van der Waals surface area contributed by atoms with Gasteiger partial charge in [0.1, 0.15) is 0 Å². The molecule has 0 spiro atoms. The minimum atomic E-state index is -0.0313. The van der Waals surface area contributed by atoms with Gasteiger partial charge in [-0.05, 0) is 36.0 Å². The van der Waals surface area contributed by atoms with Crippen LogP contribution in [0.25, 0.3) is 0 Å². The van der Waals surface area contributed by atoms with E-state index in [1.165, 1.54) is 12.8 Å².